The number of nitrogens with two attached hydrogens (primary N) is 5. The molecule has 0 heterocycles. The van der Waals surface area contributed by atoms with E-state index in [1.54, 1.807) is 0 Å². The second kappa shape index (κ2) is 46.9. The van der Waals surface area contributed by atoms with Gasteiger partial charge in [0.25, 0.3) is 0 Å². The van der Waals surface area contributed by atoms with Crippen molar-refractivity contribution in [3.8, 4) is 0 Å². The molecule has 0 spiro atoms. The number of primary amides is 1. The Morgan fingerprint density at radius 2 is 0.690 bits per heavy atom. The summed E-state index contributed by atoms with van der Waals surface area (Å²) < 4.78 is 0. The van der Waals surface area contributed by atoms with Crippen molar-refractivity contribution in [2.45, 2.75) is 199 Å². The standard InChI is InChI=1S/C70H111N9O8/c1-2-3-4-5-6-7-8-9-10-11-12-13-23-39-66(83)79-62(35-24-25-43-71)70(87)78-49-42-58(65(82)38-28-46-74)61(52-55-33-21-16-22-34-55)69(86)77-48-41-57(64(81)37-27-45-73)60(51-54-31-19-15-20-32-54)68(85)76-47-40-56(63(80)36-26-44-72)59(67(75)84)50-53-29-17-14-18-30-53/h14-22,29-34,56-62H,2-13,23-28,35-52,71-74H2,1H3,(H2,75,84)(H,76,85)(H,77,86)(H,78,87)(H,79,83)/t56?,57?,58?,59-,60-,61-,62+/m1/s1. The number of nitrogens with one attached hydrogen (secondary N) is 4. The lowest BCUT2D eigenvalue weighted by Crippen LogP contribution is -2.48. The molecule has 0 aliphatic rings. The Hall–Kier alpha value is -6.14. The van der Waals surface area contributed by atoms with Gasteiger partial charge >= 0.3 is 0 Å². The molecular weight excluding hydrogens is 1090 g/mol. The van der Waals surface area contributed by atoms with E-state index in [0.29, 0.717) is 51.5 Å². The van der Waals surface area contributed by atoms with Crippen LogP contribution in [0.4, 0.5) is 0 Å². The number of ketones is 3. The minimum atomic E-state index is -0.908. The van der Waals surface area contributed by atoms with Gasteiger partial charge in [-0.3, -0.25) is 38.4 Å². The lowest BCUT2D eigenvalue weighted by molar-refractivity contribution is -0.135. The summed E-state index contributed by atoms with van der Waals surface area (Å²) in [6.07, 6.45) is 20.2. The van der Waals surface area contributed by atoms with E-state index in [4.69, 9.17) is 28.7 Å². The van der Waals surface area contributed by atoms with Crippen molar-refractivity contribution in [3.63, 3.8) is 0 Å². The van der Waals surface area contributed by atoms with Crippen LogP contribution in [-0.4, -0.2) is 98.7 Å². The van der Waals surface area contributed by atoms with Crippen molar-refractivity contribution < 1.29 is 38.4 Å². The lowest BCUT2D eigenvalue weighted by atomic mass is 9.78. The molecule has 484 valence electrons. The van der Waals surface area contributed by atoms with E-state index in [9.17, 15) is 38.4 Å². The first-order valence-corrected chi connectivity index (χ1v) is 33.2. The van der Waals surface area contributed by atoms with Crippen LogP contribution in [0, 0.1) is 35.5 Å². The van der Waals surface area contributed by atoms with Crippen LogP contribution in [0.25, 0.3) is 0 Å². The molecule has 0 aliphatic heterocycles. The van der Waals surface area contributed by atoms with Gasteiger partial charge in [0.1, 0.15) is 23.4 Å². The average Bonchev–Trinajstić information content (AvgIpc) is 3.73. The van der Waals surface area contributed by atoms with Gasteiger partial charge in [-0.2, -0.15) is 0 Å². The fraction of sp³-hybridized carbons (Fsp3) is 0.629. The van der Waals surface area contributed by atoms with Crippen LogP contribution >= 0.6 is 0 Å². The summed E-state index contributed by atoms with van der Waals surface area (Å²) in [5, 5.41) is 12.1. The molecule has 0 aliphatic carbocycles. The molecule has 17 nitrogen and oxygen atoms in total. The molecule has 3 unspecified atom stereocenters. The number of benzene rings is 3. The van der Waals surface area contributed by atoms with Crippen molar-refractivity contribution >= 4 is 46.9 Å². The first-order chi connectivity index (χ1) is 42.3. The van der Waals surface area contributed by atoms with Crippen molar-refractivity contribution in [3.05, 3.63) is 108 Å². The maximum Gasteiger partial charge on any atom is 0.242 e. The maximum atomic E-state index is 14.9. The first kappa shape index (κ1) is 75.1. The zero-order chi connectivity index (χ0) is 63.3. The van der Waals surface area contributed by atoms with Gasteiger partial charge in [-0.05, 0) is 126 Å². The summed E-state index contributed by atoms with van der Waals surface area (Å²) in [5.74, 6) is -7.70. The van der Waals surface area contributed by atoms with Crippen molar-refractivity contribution in [2.75, 3.05) is 45.8 Å². The fourth-order valence-corrected chi connectivity index (χ4v) is 11.8. The molecule has 3 aromatic rings. The Bertz CT molecular complexity index is 2400. The molecule has 7 atom stereocenters. The van der Waals surface area contributed by atoms with Crippen LogP contribution in [0.3, 0.4) is 0 Å². The monoisotopic (exact) mass is 1210 g/mol. The van der Waals surface area contributed by atoms with E-state index in [1.807, 2.05) is 91.0 Å². The number of hydrogen-bond acceptors (Lipinski definition) is 12. The molecule has 87 heavy (non-hydrogen) atoms. The number of carbonyl (C=O) groups excluding carboxylic acids is 8. The molecule has 0 bridgehead atoms. The number of rotatable bonds is 53. The average molecular weight is 1210 g/mol. The third-order valence-electron chi connectivity index (χ3n) is 16.9. The van der Waals surface area contributed by atoms with Crippen LogP contribution in [0.15, 0.2) is 91.0 Å². The molecule has 5 amide bonds. The third-order valence-corrected chi connectivity index (χ3v) is 16.9. The highest BCUT2D eigenvalue weighted by Gasteiger charge is 2.37. The second-order valence-electron chi connectivity index (χ2n) is 23.8. The van der Waals surface area contributed by atoms with Crippen molar-refractivity contribution in [1.29, 1.82) is 0 Å². The third kappa shape index (κ3) is 31.6. The molecule has 0 fully saturated rings. The summed E-state index contributed by atoms with van der Waals surface area (Å²) >= 11 is 0. The van der Waals surface area contributed by atoms with E-state index in [0.717, 1.165) is 42.4 Å². The number of amides is 5. The van der Waals surface area contributed by atoms with Gasteiger partial charge in [0, 0.05) is 63.1 Å². The van der Waals surface area contributed by atoms with Crippen LogP contribution < -0.4 is 49.9 Å². The van der Waals surface area contributed by atoms with Crippen LogP contribution in [0.1, 0.15) is 191 Å². The summed E-state index contributed by atoms with van der Waals surface area (Å²) in [6.45, 7) is 3.56. The molecule has 3 aromatic carbocycles. The smallest absolute Gasteiger partial charge is 0.242 e. The van der Waals surface area contributed by atoms with E-state index >= 15 is 0 Å². The SMILES string of the molecule is CCCCCCCCCCCCCCCC(=O)N[C@@H](CCCCN)C(=O)NCCC(C(=O)CCCN)[C@@H](Cc1ccccc1)C(=O)NCCC(C(=O)CCCN)[C@@H](Cc1ccccc1)C(=O)NCCC(C(=O)CCCN)[C@@H](Cc1ccccc1)C(N)=O. The van der Waals surface area contributed by atoms with E-state index in [2.05, 4.69) is 28.2 Å². The molecule has 0 saturated carbocycles. The molecular formula is C70H111N9O8. The Kier molecular flexibility index (Phi) is 40.5. The Labute approximate surface area is 521 Å². The quantitative estimate of drug-likeness (QED) is 0.0241. The topological polar surface area (TPSA) is 315 Å². The van der Waals surface area contributed by atoms with Gasteiger partial charge in [0.15, 0.2) is 0 Å². The number of carbonyl (C=O) groups is 8. The van der Waals surface area contributed by atoms with Crippen molar-refractivity contribution in [1.82, 2.24) is 21.3 Å². The van der Waals surface area contributed by atoms with E-state index < -0.39 is 59.3 Å². The fourth-order valence-electron chi connectivity index (χ4n) is 11.8. The summed E-state index contributed by atoms with van der Waals surface area (Å²) in [6, 6.07) is 27.3. The highest BCUT2D eigenvalue weighted by Crippen LogP contribution is 2.29. The molecule has 0 aromatic heterocycles. The van der Waals surface area contributed by atoms with Crippen LogP contribution in [-0.2, 0) is 57.6 Å². The molecule has 3 rings (SSSR count). The molecule has 0 saturated heterocycles. The zero-order valence-electron chi connectivity index (χ0n) is 52.8. The second-order valence-corrected chi connectivity index (χ2v) is 23.8. The van der Waals surface area contributed by atoms with E-state index in [-0.39, 0.29) is 126 Å². The van der Waals surface area contributed by atoms with E-state index in [1.165, 1.54) is 57.8 Å². The van der Waals surface area contributed by atoms with Crippen LogP contribution in [0.5, 0.6) is 0 Å². The van der Waals surface area contributed by atoms with Gasteiger partial charge in [0.2, 0.25) is 29.5 Å². The number of hydrogen-bond donors (Lipinski definition) is 9. The predicted molar refractivity (Wildman–Crippen MR) is 348 cm³/mol. The largest absolute Gasteiger partial charge is 0.369 e. The van der Waals surface area contributed by atoms with Crippen LogP contribution in [0.2, 0.25) is 0 Å². The number of Topliss-reactive ketones (excluding diaryl/α,β-unsaturated/α-hetero) is 3. The molecule has 0 radical (unpaired) electrons. The summed E-state index contributed by atoms with van der Waals surface area (Å²) in [5.41, 5.74) is 31.9. The molecule has 17 heteroatoms. The first-order valence-electron chi connectivity index (χ1n) is 33.2. The summed E-state index contributed by atoms with van der Waals surface area (Å²) in [4.78, 5) is 112. The van der Waals surface area contributed by atoms with Gasteiger partial charge in [-0.15, -0.1) is 0 Å². The van der Waals surface area contributed by atoms with Gasteiger partial charge in [-0.25, -0.2) is 0 Å². The Morgan fingerprint density at radius 1 is 0.356 bits per heavy atom. The predicted octanol–water partition coefficient (Wildman–Crippen LogP) is 8.44. The van der Waals surface area contributed by atoms with Gasteiger partial charge in [0.05, 0.1) is 17.8 Å². The minimum absolute atomic E-state index is 0.0108. The Morgan fingerprint density at radius 3 is 1.05 bits per heavy atom. The lowest BCUT2D eigenvalue weighted by Gasteiger charge is -2.29. The normalized spacial score (nSPS) is 13.7. The number of unbranched alkanes of at least 4 members (excludes halogenated alkanes) is 13. The summed E-state index contributed by atoms with van der Waals surface area (Å²) in [7, 11) is 0. The maximum absolute atomic E-state index is 14.9. The highest BCUT2D eigenvalue weighted by molar-refractivity contribution is 5.91. The van der Waals surface area contributed by atoms with Gasteiger partial charge in [-0.1, -0.05) is 175 Å². The zero-order valence-corrected chi connectivity index (χ0v) is 52.8. The Balaban J connectivity index is 1.82. The van der Waals surface area contributed by atoms with Gasteiger partial charge < -0.3 is 49.9 Å². The van der Waals surface area contributed by atoms with Crippen molar-refractivity contribution in [2.24, 2.45) is 64.2 Å². The highest BCUT2D eigenvalue weighted by atomic mass is 16.2. The minimum Gasteiger partial charge on any atom is -0.369 e. The molecule has 14 N–H and O–H groups in total.